The second kappa shape index (κ2) is 5.49. The molecule has 1 aromatic rings. The number of rotatable bonds is 5. The van der Waals surface area contributed by atoms with E-state index in [4.69, 9.17) is 4.74 Å². The van der Waals surface area contributed by atoms with E-state index in [-0.39, 0.29) is 5.88 Å². The van der Waals surface area contributed by atoms with Crippen LogP contribution in [0.3, 0.4) is 0 Å². The number of ether oxygens (including phenoxy) is 1. The minimum Gasteiger partial charge on any atom is -0.474 e. The fraction of sp³-hybridized carbons (Fsp3) is 0.556. The first-order valence-corrected chi connectivity index (χ1v) is 4.56. The SMILES string of the molecule is CCc1ncnc(OCCNC)c1F. The summed E-state index contributed by atoms with van der Waals surface area (Å²) in [5.74, 6) is -0.418. The third-order valence-corrected chi connectivity index (χ3v) is 1.76. The average Bonchev–Trinajstić information content (AvgIpc) is 2.21. The van der Waals surface area contributed by atoms with Crippen LogP contribution in [-0.4, -0.2) is 30.2 Å². The minimum atomic E-state index is -0.453. The number of likely N-dealkylation sites (N-methyl/N-ethyl adjacent to an activating group) is 1. The number of aromatic nitrogens is 2. The maximum atomic E-state index is 13.4. The second-order valence-electron chi connectivity index (χ2n) is 2.75. The lowest BCUT2D eigenvalue weighted by Gasteiger charge is -2.06. The van der Waals surface area contributed by atoms with Gasteiger partial charge in [0, 0.05) is 6.54 Å². The first kappa shape index (κ1) is 10.8. The van der Waals surface area contributed by atoms with Gasteiger partial charge in [0.25, 0.3) is 5.88 Å². The Hall–Kier alpha value is -1.23. The Bertz CT molecular complexity index is 293. The molecule has 0 saturated carbocycles. The average molecular weight is 199 g/mol. The van der Waals surface area contributed by atoms with Crippen molar-refractivity contribution in [1.29, 1.82) is 0 Å². The lowest BCUT2D eigenvalue weighted by molar-refractivity contribution is 0.287. The van der Waals surface area contributed by atoms with Crippen LogP contribution in [0.5, 0.6) is 5.88 Å². The van der Waals surface area contributed by atoms with Gasteiger partial charge in [-0.15, -0.1) is 0 Å². The van der Waals surface area contributed by atoms with Crippen molar-refractivity contribution in [2.24, 2.45) is 0 Å². The molecule has 0 aliphatic heterocycles. The standard InChI is InChI=1S/C9H14FN3O/c1-3-7-8(10)9(13-6-12-7)14-5-4-11-2/h6,11H,3-5H2,1-2H3. The predicted molar refractivity (Wildman–Crippen MR) is 50.8 cm³/mol. The lowest BCUT2D eigenvalue weighted by atomic mass is 10.3. The molecule has 1 aromatic heterocycles. The Labute approximate surface area is 82.5 Å². The first-order valence-electron chi connectivity index (χ1n) is 4.56. The highest BCUT2D eigenvalue weighted by atomic mass is 19.1. The summed E-state index contributed by atoms with van der Waals surface area (Å²) in [5.41, 5.74) is 0.388. The van der Waals surface area contributed by atoms with Gasteiger partial charge in [-0.05, 0) is 13.5 Å². The van der Waals surface area contributed by atoms with Crippen LogP contribution < -0.4 is 10.1 Å². The summed E-state index contributed by atoms with van der Waals surface area (Å²) in [6.07, 6.45) is 1.85. The van der Waals surface area contributed by atoms with E-state index in [1.807, 2.05) is 6.92 Å². The molecule has 0 saturated heterocycles. The number of nitrogens with zero attached hydrogens (tertiary/aromatic N) is 2. The van der Waals surface area contributed by atoms with Crippen molar-refractivity contribution in [3.05, 3.63) is 17.8 Å². The maximum Gasteiger partial charge on any atom is 0.253 e. The summed E-state index contributed by atoms with van der Waals surface area (Å²) >= 11 is 0. The van der Waals surface area contributed by atoms with Gasteiger partial charge in [-0.3, -0.25) is 0 Å². The van der Waals surface area contributed by atoms with Crippen molar-refractivity contribution in [3.63, 3.8) is 0 Å². The van der Waals surface area contributed by atoms with Crippen LogP contribution in [0.25, 0.3) is 0 Å². The highest BCUT2D eigenvalue weighted by molar-refractivity contribution is 5.16. The fourth-order valence-electron chi connectivity index (χ4n) is 0.985. The molecule has 0 radical (unpaired) electrons. The molecule has 0 spiro atoms. The Morgan fingerprint density at radius 2 is 2.29 bits per heavy atom. The van der Waals surface area contributed by atoms with Crippen molar-refractivity contribution >= 4 is 0 Å². The van der Waals surface area contributed by atoms with E-state index in [0.717, 1.165) is 0 Å². The van der Waals surface area contributed by atoms with Gasteiger partial charge in [0.05, 0.1) is 5.69 Å². The summed E-state index contributed by atoms with van der Waals surface area (Å²) < 4.78 is 18.6. The smallest absolute Gasteiger partial charge is 0.253 e. The molecule has 0 aliphatic carbocycles. The zero-order chi connectivity index (χ0) is 10.4. The van der Waals surface area contributed by atoms with Crippen molar-refractivity contribution in [2.45, 2.75) is 13.3 Å². The van der Waals surface area contributed by atoms with E-state index in [9.17, 15) is 4.39 Å². The largest absolute Gasteiger partial charge is 0.474 e. The highest BCUT2D eigenvalue weighted by Crippen LogP contribution is 2.15. The van der Waals surface area contributed by atoms with E-state index in [0.29, 0.717) is 25.3 Å². The van der Waals surface area contributed by atoms with E-state index >= 15 is 0 Å². The molecule has 4 nitrogen and oxygen atoms in total. The Morgan fingerprint density at radius 3 is 2.93 bits per heavy atom. The van der Waals surface area contributed by atoms with Crippen LogP contribution in [0, 0.1) is 5.82 Å². The molecule has 0 bridgehead atoms. The van der Waals surface area contributed by atoms with Gasteiger partial charge < -0.3 is 10.1 Å². The number of halogens is 1. The molecule has 0 atom stereocenters. The summed E-state index contributed by atoms with van der Waals surface area (Å²) in [7, 11) is 1.80. The van der Waals surface area contributed by atoms with Gasteiger partial charge in [-0.2, -0.15) is 9.37 Å². The second-order valence-corrected chi connectivity index (χ2v) is 2.75. The monoisotopic (exact) mass is 199 g/mol. The molecule has 1 N–H and O–H groups in total. The number of nitrogens with one attached hydrogen (secondary N) is 1. The molecule has 0 unspecified atom stereocenters. The van der Waals surface area contributed by atoms with Gasteiger partial charge >= 0.3 is 0 Å². The summed E-state index contributed by atoms with van der Waals surface area (Å²) in [4.78, 5) is 7.53. The van der Waals surface area contributed by atoms with Crippen molar-refractivity contribution in [3.8, 4) is 5.88 Å². The molecule has 78 valence electrons. The normalized spacial score (nSPS) is 10.2. The van der Waals surface area contributed by atoms with Crippen molar-refractivity contribution < 1.29 is 9.13 Å². The van der Waals surface area contributed by atoms with Gasteiger partial charge in [0.2, 0.25) is 5.82 Å². The number of aryl methyl sites for hydroxylation is 1. The maximum absolute atomic E-state index is 13.4. The molecule has 5 heteroatoms. The zero-order valence-corrected chi connectivity index (χ0v) is 8.38. The van der Waals surface area contributed by atoms with Crippen LogP contribution >= 0.6 is 0 Å². The molecule has 0 amide bonds. The van der Waals surface area contributed by atoms with Gasteiger partial charge in [0.15, 0.2) is 0 Å². The topological polar surface area (TPSA) is 47.0 Å². The predicted octanol–water partition coefficient (Wildman–Crippen LogP) is 0.776. The van der Waals surface area contributed by atoms with E-state index in [2.05, 4.69) is 15.3 Å². The van der Waals surface area contributed by atoms with Crippen molar-refractivity contribution in [1.82, 2.24) is 15.3 Å². The third-order valence-electron chi connectivity index (χ3n) is 1.76. The lowest BCUT2D eigenvalue weighted by Crippen LogP contribution is -2.17. The molecule has 0 aromatic carbocycles. The summed E-state index contributed by atoms with van der Waals surface area (Å²) in [5, 5.41) is 2.90. The molecule has 1 heterocycles. The summed E-state index contributed by atoms with van der Waals surface area (Å²) in [6.45, 7) is 2.89. The Kier molecular flexibility index (Phi) is 4.25. The molecule has 0 fully saturated rings. The summed E-state index contributed by atoms with van der Waals surface area (Å²) in [6, 6.07) is 0. The minimum absolute atomic E-state index is 0.0344. The quantitative estimate of drug-likeness (QED) is 0.712. The third kappa shape index (κ3) is 2.63. The van der Waals surface area contributed by atoms with Crippen LogP contribution in [0.1, 0.15) is 12.6 Å². The van der Waals surface area contributed by atoms with E-state index < -0.39 is 5.82 Å². The van der Waals surface area contributed by atoms with Crippen LogP contribution in [0.15, 0.2) is 6.33 Å². The molecule has 14 heavy (non-hydrogen) atoms. The van der Waals surface area contributed by atoms with Crippen molar-refractivity contribution in [2.75, 3.05) is 20.2 Å². The fourth-order valence-corrected chi connectivity index (χ4v) is 0.985. The molecule has 0 aliphatic rings. The van der Waals surface area contributed by atoms with Crippen LogP contribution in [0.2, 0.25) is 0 Å². The Morgan fingerprint density at radius 1 is 1.50 bits per heavy atom. The molecule has 1 rings (SSSR count). The van der Waals surface area contributed by atoms with Gasteiger partial charge in [-0.25, -0.2) is 4.98 Å². The number of hydrogen-bond donors (Lipinski definition) is 1. The highest BCUT2D eigenvalue weighted by Gasteiger charge is 2.09. The Balaban J connectivity index is 2.66. The van der Waals surface area contributed by atoms with Crippen LogP contribution in [0.4, 0.5) is 4.39 Å². The van der Waals surface area contributed by atoms with Gasteiger partial charge in [-0.1, -0.05) is 6.92 Å². The number of hydrogen-bond acceptors (Lipinski definition) is 4. The first-order chi connectivity index (χ1) is 6.79. The van der Waals surface area contributed by atoms with E-state index in [1.165, 1.54) is 6.33 Å². The van der Waals surface area contributed by atoms with Gasteiger partial charge in [0.1, 0.15) is 12.9 Å². The zero-order valence-electron chi connectivity index (χ0n) is 8.38. The van der Waals surface area contributed by atoms with E-state index in [1.54, 1.807) is 7.05 Å². The van der Waals surface area contributed by atoms with Crippen LogP contribution in [-0.2, 0) is 6.42 Å². The molecular formula is C9H14FN3O. The molecular weight excluding hydrogens is 185 g/mol.